The lowest BCUT2D eigenvalue weighted by Crippen LogP contribution is -2.36. The van der Waals surface area contributed by atoms with Gasteiger partial charge in [-0.1, -0.05) is 0 Å². The zero-order valence-electron chi connectivity index (χ0n) is 19.1. The fraction of sp³-hybridized carbons (Fsp3) is 0.458. The number of ether oxygens (including phenoxy) is 1. The van der Waals surface area contributed by atoms with E-state index in [2.05, 4.69) is 20.1 Å². The molecule has 1 amide bonds. The molecule has 0 N–H and O–H groups in total. The van der Waals surface area contributed by atoms with Gasteiger partial charge in [-0.3, -0.25) is 4.79 Å². The Balaban J connectivity index is 1.44. The van der Waals surface area contributed by atoms with Crippen molar-refractivity contribution in [3.05, 3.63) is 59.9 Å². The third-order valence-corrected chi connectivity index (χ3v) is 6.36. The lowest BCUT2D eigenvalue weighted by molar-refractivity contribution is -0.137. The molecule has 35 heavy (non-hydrogen) atoms. The van der Waals surface area contributed by atoms with Gasteiger partial charge in [0.1, 0.15) is 12.1 Å². The number of carbonyl (C=O) groups is 1. The molecule has 1 aromatic carbocycles. The topological polar surface area (TPSA) is 86.0 Å². The van der Waals surface area contributed by atoms with Crippen LogP contribution in [0.4, 0.5) is 13.2 Å². The van der Waals surface area contributed by atoms with E-state index in [1.54, 1.807) is 30.3 Å². The standard InChI is InChI=1S/C24H25F3N6O2/c1-15(21-30-14-33(31-21)23-28-8-3-9-29-23)32(13-16-6-7-16)22(34)17-10-18(24(25,26)27)12-20(11-17)35-19-4-2-5-19/h3,8-12,14-16,19H,2,4-7,13H2,1H3. The largest absolute Gasteiger partial charge is 0.490 e. The third-order valence-electron chi connectivity index (χ3n) is 6.36. The predicted octanol–water partition coefficient (Wildman–Crippen LogP) is 4.62. The van der Waals surface area contributed by atoms with Crippen LogP contribution in [0.5, 0.6) is 5.75 Å². The van der Waals surface area contributed by atoms with Crippen molar-refractivity contribution in [3.8, 4) is 11.7 Å². The number of halogens is 3. The summed E-state index contributed by atoms with van der Waals surface area (Å²) in [4.78, 5) is 27.8. The van der Waals surface area contributed by atoms with Crippen LogP contribution in [-0.4, -0.2) is 48.2 Å². The molecule has 11 heteroatoms. The van der Waals surface area contributed by atoms with Crippen LogP contribution < -0.4 is 4.74 Å². The van der Waals surface area contributed by atoms with Crippen LogP contribution in [-0.2, 0) is 6.18 Å². The van der Waals surface area contributed by atoms with Crippen LogP contribution in [0.2, 0.25) is 0 Å². The fourth-order valence-corrected chi connectivity index (χ4v) is 3.91. The minimum Gasteiger partial charge on any atom is -0.490 e. The second-order valence-electron chi connectivity index (χ2n) is 9.09. The fourth-order valence-electron chi connectivity index (χ4n) is 3.91. The molecule has 0 spiro atoms. The van der Waals surface area contributed by atoms with E-state index in [-0.39, 0.29) is 17.4 Å². The van der Waals surface area contributed by atoms with Crippen molar-refractivity contribution in [2.45, 2.75) is 57.3 Å². The van der Waals surface area contributed by atoms with Gasteiger partial charge in [-0.15, -0.1) is 5.10 Å². The van der Waals surface area contributed by atoms with Crippen molar-refractivity contribution in [2.75, 3.05) is 6.54 Å². The van der Waals surface area contributed by atoms with Crippen molar-refractivity contribution in [2.24, 2.45) is 5.92 Å². The third kappa shape index (κ3) is 5.28. The highest BCUT2D eigenvalue weighted by atomic mass is 19.4. The van der Waals surface area contributed by atoms with Crippen LogP contribution in [0.3, 0.4) is 0 Å². The lowest BCUT2D eigenvalue weighted by Gasteiger charge is -2.29. The first-order chi connectivity index (χ1) is 16.8. The molecular weight excluding hydrogens is 461 g/mol. The van der Waals surface area contributed by atoms with Gasteiger partial charge in [-0.05, 0) is 69.2 Å². The van der Waals surface area contributed by atoms with E-state index in [9.17, 15) is 18.0 Å². The molecule has 0 aliphatic heterocycles. The van der Waals surface area contributed by atoms with E-state index in [0.717, 1.165) is 44.2 Å². The van der Waals surface area contributed by atoms with Gasteiger partial charge in [0.2, 0.25) is 0 Å². The Morgan fingerprint density at radius 2 is 1.89 bits per heavy atom. The molecule has 2 aliphatic rings. The number of nitrogens with zero attached hydrogens (tertiary/aromatic N) is 6. The van der Waals surface area contributed by atoms with Crippen molar-refractivity contribution in [1.82, 2.24) is 29.6 Å². The summed E-state index contributed by atoms with van der Waals surface area (Å²) in [5, 5.41) is 4.42. The number of alkyl halides is 3. The number of carbonyl (C=O) groups excluding carboxylic acids is 1. The van der Waals surface area contributed by atoms with Gasteiger partial charge in [0, 0.05) is 24.5 Å². The Hall–Kier alpha value is -3.50. The minimum absolute atomic E-state index is 0.0625. The number of amides is 1. The number of hydrogen-bond acceptors (Lipinski definition) is 6. The van der Waals surface area contributed by atoms with Crippen molar-refractivity contribution in [1.29, 1.82) is 0 Å². The average molecular weight is 486 g/mol. The van der Waals surface area contributed by atoms with Crippen molar-refractivity contribution < 1.29 is 22.7 Å². The maximum Gasteiger partial charge on any atom is 0.416 e. The summed E-state index contributed by atoms with van der Waals surface area (Å²) in [5.41, 5.74) is -0.965. The smallest absolute Gasteiger partial charge is 0.416 e. The maximum atomic E-state index is 13.6. The Morgan fingerprint density at radius 3 is 2.51 bits per heavy atom. The Kier molecular flexibility index (Phi) is 6.16. The first kappa shape index (κ1) is 23.3. The van der Waals surface area contributed by atoms with Gasteiger partial charge < -0.3 is 9.64 Å². The molecule has 5 rings (SSSR count). The van der Waals surface area contributed by atoms with Crippen molar-refractivity contribution in [3.63, 3.8) is 0 Å². The van der Waals surface area contributed by atoms with Gasteiger partial charge in [0.15, 0.2) is 5.82 Å². The summed E-state index contributed by atoms with van der Waals surface area (Å²) >= 11 is 0. The van der Waals surface area contributed by atoms with E-state index in [4.69, 9.17) is 4.74 Å². The van der Waals surface area contributed by atoms with E-state index >= 15 is 0 Å². The normalized spacial score (nSPS) is 17.0. The van der Waals surface area contributed by atoms with E-state index in [0.29, 0.717) is 24.2 Å². The van der Waals surface area contributed by atoms with Crippen LogP contribution in [0.1, 0.15) is 66.8 Å². The molecule has 0 radical (unpaired) electrons. The van der Waals surface area contributed by atoms with Gasteiger partial charge >= 0.3 is 6.18 Å². The molecule has 0 bridgehead atoms. The van der Waals surface area contributed by atoms with E-state index in [1.165, 1.54) is 17.1 Å². The molecule has 2 fully saturated rings. The zero-order valence-corrected chi connectivity index (χ0v) is 19.1. The second kappa shape index (κ2) is 9.27. The highest BCUT2D eigenvalue weighted by molar-refractivity contribution is 5.95. The molecule has 184 valence electrons. The highest BCUT2D eigenvalue weighted by Gasteiger charge is 2.36. The molecule has 2 saturated carbocycles. The van der Waals surface area contributed by atoms with Gasteiger partial charge in [0.25, 0.3) is 11.9 Å². The molecule has 2 aliphatic carbocycles. The molecule has 1 atom stereocenters. The van der Waals surface area contributed by atoms with E-state index in [1.807, 2.05) is 0 Å². The molecule has 0 saturated heterocycles. The molecular formula is C24H25F3N6O2. The Bertz CT molecular complexity index is 1190. The van der Waals surface area contributed by atoms with Gasteiger partial charge in [-0.2, -0.15) is 17.9 Å². The maximum absolute atomic E-state index is 13.6. The second-order valence-corrected chi connectivity index (χ2v) is 9.09. The Morgan fingerprint density at radius 1 is 1.14 bits per heavy atom. The van der Waals surface area contributed by atoms with Gasteiger partial charge in [0.05, 0.1) is 17.7 Å². The van der Waals surface area contributed by atoms with Crippen molar-refractivity contribution >= 4 is 5.91 Å². The number of aromatic nitrogens is 5. The quantitative estimate of drug-likeness (QED) is 0.462. The number of hydrogen-bond donors (Lipinski definition) is 0. The number of rotatable bonds is 8. The molecule has 8 nitrogen and oxygen atoms in total. The summed E-state index contributed by atoms with van der Waals surface area (Å²) in [6, 6.07) is 4.38. The van der Waals surface area contributed by atoms with Crippen LogP contribution in [0, 0.1) is 5.92 Å². The first-order valence-electron chi connectivity index (χ1n) is 11.7. The molecule has 2 heterocycles. The highest BCUT2D eigenvalue weighted by Crippen LogP contribution is 2.37. The van der Waals surface area contributed by atoms with E-state index < -0.39 is 23.7 Å². The minimum atomic E-state index is -4.60. The van der Waals surface area contributed by atoms with Crippen LogP contribution in [0.25, 0.3) is 5.95 Å². The summed E-state index contributed by atoms with van der Waals surface area (Å²) in [5.74, 6) is 0.535. The summed E-state index contributed by atoms with van der Waals surface area (Å²) in [7, 11) is 0. The molecule has 2 aromatic heterocycles. The summed E-state index contributed by atoms with van der Waals surface area (Å²) in [6.45, 7) is 2.18. The number of benzene rings is 1. The molecule has 3 aromatic rings. The zero-order chi connectivity index (χ0) is 24.6. The summed E-state index contributed by atoms with van der Waals surface area (Å²) < 4.78 is 48.1. The average Bonchev–Trinajstić information content (AvgIpc) is 3.51. The van der Waals surface area contributed by atoms with Gasteiger partial charge in [-0.25, -0.2) is 15.0 Å². The predicted molar refractivity (Wildman–Crippen MR) is 119 cm³/mol. The van der Waals surface area contributed by atoms with Crippen LogP contribution in [0.15, 0.2) is 43.0 Å². The Labute approximate surface area is 200 Å². The SMILES string of the molecule is CC(c1ncn(-c2ncccn2)n1)N(CC1CC1)C(=O)c1cc(OC2CCC2)cc(C(F)(F)F)c1. The monoisotopic (exact) mass is 486 g/mol. The molecule has 1 unspecified atom stereocenters. The first-order valence-corrected chi connectivity index (χ1v) is 11.7. The van der Waals surface area contributed by atoms with Crippen LogP contribution >= 0.6 is 0 Å². The summed E-state index contributed by atoms with van der Waals surface area (Å²) in [6.07, 6.45) is 4.40. The lowest BCUT2D eigenvalue weighted by atomic mass is 9.96.